The molecule has 2 fully saturated rings. The predicted molar refractivity (Wildman–Crippen MR) is 110 cm³/mol. The normalized spacial score (nSPS) is 27.6. The van der Waals surface area contributed by atoms with Gasteiger partial charge in [-0.05, 0) is 17.7 Å². The number of benzene rings is 2. The summed E-state index contributed by atoms with van der Waals surface area (Å²) in [7, 11) is 0. The molecule has 0 bridgehead atoms. The lowest BCUT2D eigenvalue weighted by molar-refractivity contribution is -0.191. The summed E-state index contributed by atoms with van der Waals surface area (Å²) in [5.74, 6) is -0.465. The van der Waals surface area contributed by atoms with Crippen molar-refractivity contribution in [2.45, 2.75) is 48.2 Å². The topological polar surface area (TPSA) is 83.1 Å². The van der Waals surface area contributed by atoms with E-state index in [4.69, 9.17) is 18.9 Å². The lowest BCUT2D eigenvalue weighted by atomic mass is 9.98. The quantitative estimate of drug-likeness (QED) is 0.677. The summed E-state index contributed by atoms with van der Waals surface area (Å²) in [5, 5.41) is 2.79. The zero-order valence-corrected chi connectivity index (χ0v) is 17.2. The van der Waals surface area contributed by atoms with Crippen LogP contribution in [0.5, 0.6) is 0 Å². The van der Waals surface area contributed by atoms with Crippen LogP contribution in [0, 0.1) is 0 Å². The smallest absolute Gasteiger partial charge is 0.408 e. The summed E-state index contributed by atoms with van der Waals surface area (Å²) in [4.78, 5) is 24.7. The second kappa shape index (κ2) is 9.51. The Labute approximate surface area is 179 Å². The van der Waals surface area contributed by atoms with Crippen LogP contribution >= 0.6 is 11.8 Å². The van der Waals surface area contributed by atoms with Gasteiger partial charge in [0, 0.05) is 11.8 Å². The van der Waals surface area contributed by atoms with Crippen LogP contribution in [0.1, 0.15) is 12.5 Å². The van der Waals surface area contributed by atoms with Crippen LogP contribution in [-0.4, -0.2) is 48.5 Å². The molecule has 2 aromatic rings. The molecule has 7 nitrogen and oxygen atoms in total. The second-order valence-corrected chi connectivity index (χ2v) is 8.26. The molecule has 5 atom stereocenters. The summed E-state index contributed by atoms with van der Waals surface area (Å²) in [6.07, 6.45) is -2.53. The van der Waals surface area contributed by atoms with E-state index in [2.05, 4.69) is 5.32 Å². The van der Waals surface area contributed by atoms with Gasteiger partial charge in [0.1, 0.15) is 17.6 Å². The molecule has 2 saturated heterocycles. The van der Waals surface area contributed by atoms with Crippen LogP contribution in [0.25, 0.3) is 0 Å². The lowest BCUT2D eigenvalue weighted by Crippen LogP contribution is -2.60. The van der Waals surface area contributed by atoms with Crippen molar-refractivity contribution in [2.75, 3.05) is 6.61 Å². The van der Waals surface area contributed by atoms with Crippen LogP contribution in [0.3, 0.4) is 0 Å². The van der Waals surface area contributed by atoms with Gasteiger partial charge in [-0.1, -0.05) is 60.3 Å². The monoisotopic (exact) mass is 429 g/mol. The first-order valence-corrected chi connectivity index (χ1v) is 10.6. The Bertz CT molecular complexity index is 864. The number of thioether (sulfide) groups is 1. The Hall–Kier alpha value is -2.55. The number of carbonyl (C=O) groups excluding carboxylic acids is 2. The average Bonchev–Trinajstić information content (AvgIpc) is 3.14. The molecular weight excluding hydrogens is 406 g/mol. The predicted octanol–water partition coefficient (Wildman–Crippen LogP) is 3.13. The molecule has 4 rings (SSSR count). The number of rotatable bonds is 7. The molecular formula is C22H23NO6S. The van der Waals surface area contributed by atoms with Crippen molar-refractivity contribution in [3.05, 3.63) is 66.2 Å². The summed E-state index contributed by atoms with van der Waals surface area (Å²) in [6, 6.07) is 19.1. The molecule has 2 aliphatic heterocycles. The first-order chi connectivity index (χ1) is 14.6. The number of hydrogen-bond donors (Lipinski definition) is 1. The molecule has 2 heterocycles. The number of hydrogen-bond acceptors (Lipinski definition) is 7. The molecule has 0 aliphatic carbocycles. The number of fused-ring (bicyclic) bond motifs is 1. The Morgan fingerprint density at radius 1 is 1.10 bits per heavy atom. The van der Waals surface area contributed by atoms with E-state index in [1.54, 1.807) is 0 Å². The third kappa shape index (κ3) is 4.95. The number of carbonyl (C=O) groups is 2. The van der Waals surface area contributed by atoms with Crippen molar-refractivity contribution in [1.82, 2.24) is 5.32 Å². The van der Waals surface area contributed by atoms with E-state index in [9.17, 15) is 9.59 Å². The van der Waals surface area contributed by atoms with Gasteiger partial charge in [-0.15, -0.1) is 0 Å². The van der Waals surface area contributed by atoms with E-state index < -0.39 is 41.9 Å². The van der Waals surface area contributed by atoms with Crippen molar-refractivity contribution in [2.24, 2.45) is 0 Å². The Morgan fingerprint density at radius 2 is 1.80 bits per heavy atom. The number of nitrogens with one attached hydrogen (secondary N) is 1. The molecule has 2 aromatic carbocycles. The lowest BCUT2D eigenvalue weighted by Gasteiger charge is -2.41. The SMILES string of the molecule is CC(=O)O[C@H]1[C@@H]2OC(=O)N[C@H]2[C@@H](Sc2ccccc2)O[C@@H]1COCc1ccccc1. The molecule has 0 aromatic heterocycles. The fourth-order valence-corrected chi connectivity index (χ4v) is 4.71. The van der Waals surface area contributed by atoms with Gasteiger partial charge in [0.2, 0.25) is 0 Å². The maximum absolute atomic E-state index is 12.0. The fourth-order valence-electron chi connectivity index (χ4n) is 3.56. The highest BCUT2D eigenvalue weighted by atomic mass is 32.2. The van der Waals surface area contributed by atoms with E-state index in [1.807, 2.05) is 60.7 Å². The summed E-state index contributed by atoms with van der Waals surface area (Å²) < 4.78 is 23.1. The van der Waals surface area contributed by atoms with Gasteiger partial charge >= 0.3 is 12.1 Å². The molecule has 8 heteroatoms. The van der Waals surface area contributed by atoms with Crippen LogP contribution in [0.15, 0.2) is 65.6 Å². The highest BCUT2D eigenvalue weighted by molar-refractivity contribution is 7.99. The molecule has 158 valence electrons. The molecule has 0 unspecified atom stereocenters. The summed E-state index contributed by atoms with van der Waals surface area (Å²) in [5.41, 5.74) is 0.611. The number of esters is 1. The van der Waals surface area contributed by atoms with Crippen molar-refractivity contribution < 1.29 is 28.5 Å². The summed E-state index contributed by atoms with van der Waals surface area (Å²) >= 11 is 1.48. The zero-order valence-electron chi connectivity index (χ0n) is 16.4. The first kappa shape index (κ1) is 20.7. The standard InChI is InChI=1S/C22H23NO6S/c1-14(24)27-19-17(13-26-12-15-8-4-2-5-9-15)28-21(18-20(19)29-22(25)23-18)30-16-10-6-3-7-11-16/h2-11,17-21H,12-13H2,1H3,(H,23,25)/t17-,18-,19-,20-,21-/m1/s1. The molecule has 30 heavy (non-hydrogen) atoms. The largest absolute Gasteiger partial charge is 0.456 e. The fraction of sp³-hybridized carbons (Fsp3) is 0.364. The van der Waals surface area contributed by atoms with Crippen LogP contribution in [0.2, 0.25) is 0 Å². The zero-order chi connectivity index (χ0) is 20.9. The highest BCUT2D eigenvalue weighted by Gasteiger charge is 2.54. The first-order valence-electron chi connectivity index (χ1n) is 9.73. The number of ether oxygens (including phenoxy) is 4. The van der Waals surface area contributed by atoms with Crippen LogP contribution in [0.4, 0.5) is 4.79 Å². The minimum absolute atomic E-state index is 0.194. The average molecular weight is 429 g/mol. The Morgan fingerprint density at radius 3 is 2.50 bits per heavy atom. The van der Waals surface area contributed by atoms with Gasteiger partial charge in [-0.2, -0.15) is 0 Å². The van der Waals surface area contributed by atoms with Gasteiger partial charge in [-0.3, -0.25) is 4.79 Å². The van der Waals surface area contributed by atoms with Crippen LogP contribution in [-0.2, 0) is 30.3 Å². The van der Waals surface area contributed by atoms with E-state index in [1.165, 1.54) is 18.7 Å². The minimum Gasteiger partial charge on any atom is -0.456 e. The Balaban J connectivity index is 1.50. The van der Waals surface area contributed by atoms with Gasteiger partial charge < -0.3 is 24.3 Å². The number of amides is 1. The summed E-state index contributed by atoms with van der Waals surface area (Å²) in [6.45, 7) is 1.92. The second-order valence-electron chi connectivity index (χ2n) is 7.09. The highest BCUT2D eigenvalue weighted by Crippen LogP contribution is 2.37. The molecule has 1 amide bonds. The van der Waals surface area contributed by atoms with Gasteiger partial charge in [0.15, 0.2) is 12.2 Å². The maximum Gasteiger partial charge on any atom is 0.408 e. The molecule has 0 spiro atoms. The molecule has 0 saturated carbocycles. The van der Waals surface area contributed by atoms with Crippen molar-refractivity contribution >= 4 is 23.8 Å². The molecule has 2 aliphatic rings. The van der Waals surface area contributed by atoms with E-state index in [-0.39, 0.29) is 6.61 Å². The van der Waals surface area contributed by atoms with Crippen molar-refractivity contribution in [3.8, 4) is 0 Å². The van der Waals surface area contributed by atoms with Crippen molar-refractivity contribution in [3.63, 3.8) is 0 Å². The van der Waals surface area contributed by atoms with E-state index in [0.717, 1.165) is 10.5 Å². The molecule has 0 radical (unpaired) electrons. The maximum atomic E-state index is 12.0. The van der Waals surface area contributed by atoms with E-state index >= 15 is 0 Å². The minimum atomic E-state index is -0.755. The third-order valence-electron chi connectivity index (χ3n) is 4.87. The number of alkyl carbamates (subject to hydrolysis) is 1. The van der Waals surface area contributed by atoms with E-state index in [0.29, 0.717) is 6.61 Å². The van der Waals surface area contributed by atoms with Crippen molar-refractivity contribution in [1.29, 1.82) is 0 Å². The van der Waals surface area contributed by atoms with Crippen LogP contribution < -0.4 is 5.32 Å². The van der Waals surface area contributed by atoms with Gasteiger partial charge in [0.25, 0.3) is 0 Å². The third-order valence-corrected chi connectivity index (χ3v) is 6.05. The van der Waals surface area contributed by atoms with Gasteiger partial charge in [0.05, 0.1) is 13.2 Å². The Kier molecular flexibility index (Phi) is 6.56. The van der Waals surface area contributed by atoms with Gasteiger partial charge in [-0.25, -0.2) is 4.79 Å². The molecule has 1 N–H and O–H groups in total.